The van der Waals surface area contributed by atoms with Gasteiger partial charge in [-0.05, 0) is 53.8 Å². The van der Waals surface area contributed by atoms with Crippen LogP contribution in [0.1, 0.15) is 11.4 Å². The highest BCUT2D eigenvalue weighted by atomic mass is 127. The first-order chi connectivity index (χ1) is 8.58. The van der Waals surface area contributed by atoms with E-state index in [0.717, 1.165) is 15.0 Å². The normalized spacial score (nSPS) is 9.89. The molecule has 0 aliphatic heterocycles. The molecule has 0 saturated carbocycles. The van der Waals surface area contributed by atoms with Gasteiger partial charge in [0, 0.05) is 14.3 Å². The lowest BCUT2D eigenvalue weighted by Gasteiger charge is -2.08. The smallest absolute Gasteiger partial charge is 0.228 e. The molecule has 90 valence electrons. The average Bonchev–Trinajstić information content (AvgIpc) is 2.32. The van der Waals surface area contributed by atoms with Gasteiger partial charge in [-0.3, -0.25) is 0 Å². The van der Waals surface area contributed by atoms with Crippen LogP contribution in [0.4, 0.5) is 11.6 Å². The molecule has 0 spiro atoms. The minimum absolute atomic E-state index is 0.342. The van der Waals surface area contributed by atoms with Crippen LogP contribution in [0.2, 0.25) is 5.02 Å². The van der Waals surface area contributed by atoms with Gasteiger partial charge in [0.25, 0.3) is 0 Å². The van der Waals surface area contributed by atoms with Crippen molar-refractivity contribution in [3.63, 3.8) is 0 Å². The van der Waals surface area contributed by atoms with Gasteiger partial charge in [-0.15, -0.1) is 0 Å². The third-order valence-corrected chi connectivity index (χ3v) is 3.27. The molecule has 6 heteroatoms. The van der Waals surface area contributed by atoms with Crippen molar-refractivity contribution >= 4 is 45.8 Å². The Morgan fingerprint density at radius 2 is 2.11 bits per heavy atom. The van der Waals surface area contributed by atoms with Gasteiger partial charge in [-0.2, -0.15) is 5.26 Å². The van der Waals surface area contributed by atoms with Gasteiger partial charge in [0.1, 0.15) is 11.8 Å². The van der Waals surface area contributed by atoms with Crippen LogP contribution in [0.3, 0.4) is 0 Å². The summed E-state index contributed by atoms with van der Waals surface area (Å²) in [6.45, 7) is 1.82. The quantitative estimate of drug-likeness (QED) is 0.820. The largest absolute Gasteiger partial charge is 0.323 e. The lowest BCUT2D eigenvalue weighted by molar-refractivity contribution is 1.09. The maximum Gasteiger partial charge on any atom is 0.228 e. The second-order valence-electron chi connectivity index (χ2n) is 3.58. The molecular formula is C12H8ClIN4. The molecule has 1 aromatic carbocycles. The number of aryl methyl sites for hydroxylation is 1. The Bertz CT molecular complexity index is 636. The third-order valence-electron chi connectivity index (χ3n) is 2.15. The number of halogens is 2. The van der Waals surface area contributed by atoms with Crippen molar-refractivity contribution in [3.05, 3.63) is 44.2 Å². The second kappa shape index (κ2) is 5.50. The maximum absolute atomic E-state index is 8.86. The van der Waals surface area contributed by atoms with Gasteiger partial charge in [-0.25, -0.2) is 9.97 Å². The topological polar surface area (TPSA) is 61.6 Å². The van der Waals surface area contributed by atoms with Crippen molar-refractivity contribution in [2.75, 3.05) is 5.32 Å². The fourth-order valence-corrected chi connectivity index (χ4v) is 2.40. The predicted molar refractivity (Wildman–Crippen MR) is 78.9 cm³/mol. The summed E-state index contributed by atoms with van der Waals surface area (Å²) in [7, 11) is 0. The highest BCUT2D eigenvalue weighted by Crippen LogP contribution is 2.24. The molecule has 1 aromatic heterocycles. The minimum Gasteiger partial charge on any atom is -0.323 e. The van der Waals surface area contributed by atoms with Gasteiger partial charge in [-0.1, -0.05) is 11.6 Å². The van der Waals surface area contributed by atoms with E-state index in [2.05, 4.69) is 37.9 Å². The van der Waals surface area contributed by atoms with Crippen molar-refractivity contribution < 1.29 is 0 Å². The number of rotatable bonds is 2. The summed E-state index contributed by atoms with van der Waals surface area (Å²) in [4.78, 5) is 8.32. The zero-order valence-electron chi connectivity index (χ0n) is 9.41. The monoisotopic (exact) mass is 370 g/mol. The first-order valence-corrected chi connectivity index (χ1v) is 6.52. The Morgan fingerprint density at radius 3 is 2.78 bits per heavy atom. The fraction of sp³-hybridized carbons (Fsp3) is 0.0833. The Morgan fingerprint density at radius 1 is 1.33 bits per heavy atom. The zero-order chi connectivity index (χ0) is 13.1. The summed E-state index contributed by atoms with van der Waals surface area (Å²) >= 11 is 8.06. The van der Waals surface area contributed by atoms with E-state index in [9.17, 15) is 0 Å². The van der Waals surface area contributed by atoms with Gasteiger partial charge in [0.2, 0.25) is 5.95 Å². The van der Waals surface area contributed by atoms with E-state index in [-0.39, 0.29) is 0 Å². The van der Waals surface area contributed by atoms with Crippen LogP contribution in [-0.2, 0) is 0 Å². The highest BCUT2D eigenvalue weighted by Gasteiger charge is 2.05. The SMILES string of the molecule is Cc1cc(C#N)nc(Nc2ccc(Cl)cc2I)n1. The summed E-state index contributed by atoms with van der Waals surface area (Å²) < 4.78 is 0.962. The third kappa shape index (κ3) is 3.09. The van der Waals surface area contributed by atoms with E-state index in [0.29, 0.717) is 16.7 Å². The molecule has 0 amide bonds. The summed E-state index contributed by atoms with van der Waals surface area (Å²) in [5.41, 5.74) is 1.94. The van der Waals surface area contributed by atoms with E-state index in [4.69, 9.17) is 16.9 Å². The summed E-state index contributed by atoms with van der Waals surface area (Å²) in [6.07, 6.45) is 0. The van der Waals surface area contributed by atoms with Gasteiger partial charge in [0.15, 0.2) is 0 Å². The molecule has 0 saturated heterocycles. The van der Waals surface area contributed by atoms with Gasteiger partial charge < -0.3 is 5.32 Å². The molecule has 0 radical (unpaired) electrons. The second-order valence-corrected chi connectivity index (χ2v) is 5.18. The van der Waals surface area contributed by atoms with Crippen molar-refractivity contribution in [1.82, 2.24) is 9.97 Å². The van der Waals surface area contributed by atoms with Crippen molar-refractivity contribution in [1.29, 1.82) is 5.26 Å². The number of nitrogens with zero attached hydrogens (tertiary/aromatic N) is 3. The first-order valence-electron chi connectivity index (χ1n) is 5.06. The molecule has 4 nitrogen and oxygen atoms in total. The van der Waals surface area contributed by atoms with Gasteiger partial charge >= 0.3 is 0 Å². The number of hydrogen-bond donors (Lipinski definition) is 1. The minimum atomic E-state index is 0.342. The van der Waals surface area contributed by atoms with Crippen LogP contribution in [0.25, 0.3) is 0 Å². The zero-order valence-corrected chi connectivity index (χ0v) is 12.3. The van der Waals surface area contributed by atoms with E-state index in [1.54, 1.807) is 12.1 Å². The van der Waals surface area contributed by atoms with E-state index >= 15 is 0 Å². The Kier molecular flexibility index (Phi) is 3.99. The molecule has 18 heavy (non-hydrogen) atoms. The summed E-state index contributed by atoms with van der Waals surface area (Å²) in [5, 5.41) is 12.6. The number of nitriles is 1. The molecule has 0 fully saturated rings. The molecule has 0 aliphatic rings. The molecule has 1 heterocycles. The Hall–Kier alpha value is -1.39. The molecule has 2 aromatic rings. The van der Waals surface area contributed by atoms with E-state index in [1.807, 2.05) is 25.1 Å². The number of aromatic nitrogens is 2. The fourth-order valence-electron chi connectivity index (χ4n) is 1.39. The van der Waals surface area contributed by atoms with Crippen molar-refractivity contribution in [2.45, 2.75) is 6.92 Å². The Balaban J connectivity index is 2.34. The van der Waals surface area contributed by atoms with Crippen LogP contribution in [0.15, 0.2) is 24.3 Å². The number of benzene rings is 1. The number of nitrogens with one attached hydrogen (secondary N) is 1. The molecular weight excluding hydrogens is 363 g/mol. The molecule has 0 atom stereocenters. The summed E-state index contributed by atoms with van der Waals surface area (Å²) in [5.74, 6) is 0.409. The Labute approximate surface area is 123 Å². The van der Waals surface area contributed by atoms with Gasteiger partial charge in [0.05, 0.1) is 5.69 Å². The van der Waals surface area contributed by atoms with Crippen LogP contribution < -0.4 is 5.32 Å². The molecule has 0 aliphatic carbocycles. The predicted octanol–water partition coefficient (Wildman–Crippen LogP) is 3.66. The summed E-state index contributed by atoms with van der Waals surface area (Å²) in [6, 6.07) is 9.11. The highest BCUT2D eigenvalue weighted by molar-refractivity contribution is 14.1. The number of hydrogen-bond acceptors (Lipinski definition) is 4. The van der Waals surface area contributed by atoms with E-state index < -0.39 is 0 Å². The van der Waals surface area contributed by atoms with Crippen molar-refractivity contribution in [3.8, 4) is 6.07 Å². The molecule has 1 N–H and O–H groups in total. The average molecular weight is 371 g/mol. The lowest BCUT2D eigenvalue weighted by Crippen LogP contribution is -2.01. The molecule has 2 rings (SSSR count). The standard InChI is InChI=1S/C12H8ClIN4/c1-7-4-9(6-15)17-12(16-7)18-11-3-2-8(13)5-10(11)14/h2-5H,1H3,(H,16,17,18). The van der Waals surface area contributed by atoms with Crippen LogP contribution >= 0.6 is 34.2 Å². The lowest BCUT2D eigenvalue weighted by atomic mass is 10.3. The maximum atomic E-state index is 8.86. The van der Waals surface area contributed by atoms with Crippen LogP contribution in [0.5, 0.6) is 0 Å². The van der Waals surface area contributed by atoms with E-state index in [1.165, 1.54) is 0 Å². The van der Waals surface area contributed by atoms with Crippen molar-refractivity contribution in [2.24, 2.45) is 0 Å². The number of anilines is 2. The van der Waals surface area contributed by atoms with Crippen LogP contribution in [0, 0.1) is 21.8 Å². The van der Waals surface area contributed by atoms with Crippen LogP contribution in [-0.4, -0.2) is 9.97 Å². The molecule has 0 unspecified atom stereocenters. The first kappa shape index (κ1) is 13.1. The molecule has 0 bridgehead atoms.